The Labute approximate surface area is 253 Å². The minimum absolute atomic E-state index is 0.0539. The summed E-state index contributed by atoms with van der Waals surface area (Å²) in [5.41, 5.74) is 1.28. The van der Waals surface area contributed by atoms with Gasteiger partial charge in [0, 0.05) is 16.3 Å². The third kappa shape index (κ3) is 15.7. The summed E-state index contributed by atoms with van der Waals surface area (Å²) in [5.74, 6) is 0.140. The monoisotopic (exact) mass is 629 g/mol. The fraction of sp³-hybridized carbons (Fsp3) is 0.667. The lowest BCUT2D eigenvalue weighted by atomic mass is 10.1. The molecule has 0 fully saturated rings. The van der Waals surface area contributed by atoms with Crippen LogP contribution in [0.5, 0.6) is 0 Å². The molecular formula is C30H48NO9PS. The Morgan fingerprint density at radius 2 is 1.60 bits per heavy atom. The summed E-state index contributed by atoms with van der Waals surface area (Å²) in [4.78, 5) is 36.3. The fourth-order valence-corrected chi connectivity index (χ4v) is 5.81. The van der Waals surface area contributed by atoms with Crippen molar-refractivity contribution >= 4 is 36.5 Å². The zero-order chi connectivity index (χ0) is 31.0. The highest BCUT2D eigenvalue weighted by Crippen LogP contribution is 2.38. The van der Waals surface area contributed by atoms with Gasteiger partial charge >= 0.3 is 11.6 Å². The number of phosphoric acid groups is 1. The molecule has 42 heavy (non-hydrogen) atoms. The summed E-state index contributed by atoms with van der Waals surface area (Å²) >= 11 is 1.79. The van der Waals surface area contributed by atoms with Gasteiger partial charge in [0.25, 0.3) is 7.82 Å². The molecule has 1 aromatic heterocycles. The van der Waals surface area contributed by atoms with Crippen LogP contribution in [0.4, 0.5) is 0 Å². The van der Waals surface area contributed by atoms with E-state index in [0.29, 0.717) is 23.0 Å². The molecule has 12 heteroatoms. The maximum absolute atomic E-state index is 11.8. The van der Waals surface area contributed by atoms with Crippen LogP contribution in [0.25, 0.3) is 11.0 Å². The van der Waals surface area contributed by atoms with Gasteiger partial charge in [0.1, 0.15) is 18.7 Å². The van der Waals surface area contributed by atoms with Gasteiger partial charge in [-0.1, -0.05) is 51.4 Å². The molecule has 0 spiro atoms. The number of quaternary nitrogens is 1. The number of aliphatic hydroxyl groups excluding tert-OH is 1. The number of carbonyl (C=O) groups is 1. The molecule has 0 saturated carbocycles. The van der Waals surface area contributed by atoms with Crippen LogP contribution in [-0.2, 0) is 23.1 Å². The van der Waals surface area contributed by atoms with Gasteiger partial charge in [-0.25, -0.2) is 9.59 Å². The number of ether oxygens (including phenoxy) is 1. The van der Waals surface area contributed by atoms with Gasteiger partial charge in [-0.05, 0) is 49.3 Å². The molecule has 0 radical (unpaired) electrons. The lowest BCUT2D eigenvalue weighted by molar-refractivity contribution is -0.870. The molecule has 2 rings (SSSR count). The predicted octanol–water partition coefficient (Wildman–Crippen LogP) is 5.21. The number of benzene rings is 1. The van der Waals surface area contributed by atoms with Crippen LogP contribution in [-0.4, -0.2) is 74.9 Å². The van der Waals surface area contributed by atoms with Crippen LogP contribution in [0.2, 0.25) is 0 Å². The van der Waals surface area contributed by atoms with E-state index in [1.165, 1.54) is 38.2 Å². The van der Waals surface area contributed by atoms with E-state index >= 15 is 0 Å². The maximum Gasteiger partial charge on any atom is 0.337 e. The van der Waals surface area contributed by atoms with E-state index in [2.05, 4.69) is 10.6 Å². The van der Waals surface area contributed by atoms with Crippen molar-refractivity contribution in [3.63, 3.8) is 0 Å². The normalized spacial score (nSPS) is 14.1. The summed E-state index contributed by atoms with van der Waals surface area (Å²) in [7, 11) is 1.09. The Balaban J connectivity index is 1.40. The number of hydrogen-bond donors (Lipinski definition) is 1. The van der Waals surface area contributed by atoms with Crippen LogP contribution >= 0.6 is 19.6 Å². The van der Waals surface area contributed by atoms with E-state index in [1.54, 1.807) is 11.8 Å². The Hall–Kier alpha value is -1.72. The first-order valence-electron chi connectivity index (χ1n) is 14.8. The minimum atomic E-state index is -4.59. The zero-order valence-corrected chi connectivity index (χ0v) is 27.2. The standard InChI is InChI=1S/C30H48NO9PS/c1-24-21-29(33)40-28-22-25(15-16-26(24)28)42-20-14-12-10-8-6-5-7-9-11-13-18-37-30(34)27(32)23-39-41(35,36)38-19-17-31(2,3)4/h15-16,21-22,27,32H,5-14,17-20,23H2,1-4H3. The van der Waals surface area contributed by atoms with Gasteiger partial charge in [-0.3, -0.25) is 4.57 Å². The van der Waals surface area contributed by atoms with E-state index in [-0.39, 0.29) is 18.8 Å². The number of phosphoric ester groups is 1. The van der Waals surface area contributed by atoms with E-state index in [9.17, 15) is 24.2 Å². The van der Waals surface area contributed by atoms with Gasteiger partial charge in [0.15, 0.2) is 6.10 Å². The Bertz CT molecular complexity index is 1200. The van der Waals surface area contributed by atoms with Crippen molar-refractivity contribution < 1.29 is 42.0 Å². The largest absolute Gasteiger partial charge is 0.756 e. The van der Waals surface area contributed by atoms with Crippen LogP contribution in [0.3, 0.4) is 0 Å². The molecule has 0 aliphatic carbocycles. The summed E-state index contributed by atoms with van der Waals surface area (Å²) in [6.07, 6.45) is 9.30. The molecule has 0 aliphatic rings. The number of likely N-dealkylation sites (N-methyl/N-ethyl adjacent to an activating group) is 1. The smallest absolute Gasteiger partial charge is 0.337 e. The molecule has 10 nitrogen and oxygen atoms in total. The number of nitrogens with zero attached hydrogens (tertiary/aromatic N) is 1. The number of fused-ring (bicyclic) bond motifs is 1. The van der Waals surface area contributed by atoms with Gasteiger partial charge in [0.2, 0.25) is 0 Å². The fourth-order valence-electron chi connectivity index (χ4n) is 4.17. The molecule has 1 aromatic carbocycles. The number of unbranched alkanes of at least 4 members (excludes halogenated alkanes) is 9. The third-order valence-electron chi connectivity index (χ3n) is 6.65. The average Bonchev–Trinajstić information content (AvgIpc) is 2.90. The number of aryl methyl sites for hydroxylation is 1. The van der Waals surface area contributed by atoms with Crippen molar-refractivity contribution in [2.24, 2.45) is 0 Å². The first-order valence-corrected chi connectivity index (χ1v) is 17.2. The number of aliphatic hydroxyl groups is 1. The van der Waals surface area contributed by atoms with E-state index in [1.807, 2.05) is 40.2 Å². The average molecular weight is 630 g/mol. The van der Waals surface area contributed by atoms with Crippen LogP contribution in [0, 0.1) is 6.92 Å². The second kappa shape index (κ2) is 18.8. The van der Waals surface area contributed by atoms with Gasteiger partial charge in [-0.15, -0.1) is 11.8 Å². The highest BCUT2D eigenvalue weighted by atomic mass is 32.2. The molecule has 2 unspecified atom stereocenters. The quantitative estimate of drug-likeness (QED) is 0.0462. The minimum Gasteiger partial charge on any atom is -0.756 e. The molecule has 238 valence electrons. The van der Waals surface area contributed by atoms with Crippen molar-refractivity contribution in [3.05, 3.63) is 40.2 Å². The molecule has 0 aliphatic heterocycles. The molecule has 0 bridgehead atoms. The van der Waals surface area contributed by atoms with Gasteiger partial charge in [0.05, 0.1) is 34.4 Å². The number of hydrogen-bond acceptors (Lipinski definition) is 10. The summed E-state index contributed by atoms with van der Waals surface area (Å²) in [6, 6.07) is 7.59. The zero-order valence-electron chi connectivity index (χ0n) is 25.5. The number of rotatable bonds is 22. The summed E-state index contributed by atoms with van der Waals surface area (Å²) < 4.78 is 31.9. The molecule has 1 N–H and O–H groups in total. The van der Waals surface area contributed by atoms with Gasteiger partial charge in [-0.2, -0.15) is 0 Å². The number of thioether (sulfide) groups is 1. The Morgan fingerprint density at radius 1 is 0.976 bits per heavy atom. The molecule has 0 saturated heterocycles. The number of carbonyl (C=O) groups excluding carboxylic acids is 1. The van der Waals surface area contributed by atoms with E-state index in [0.717, 1.165) is 47.3 Å². The summed E-state index contributed by atoms with van der Waals surface area (Å²) in [6.45, 7) is 1.77. The molecule has 2 atom stereocenters. The first kappa shape index (κ1) is 36.5. The van der Waals surface area contributed by atoms with Crippen molar-refractivity contribution in [1.82, 2.24) is 0 Å². The lowest BCUT2D eigenvalue weighted by Gasteiger charge is -2.27. The molecular weight excluding hydrogens is 581 g/mol. The predicted molar refractivity (Wildman–Crippen MR) is 163 cm³/mol. The van der Waals surface area contributed by atoms with Crippen molar-refractivity contribution in [1.29, 1.82) is 0 Å². The van der Waals surface area contributed by atoms with E-state index in [4.69, 9.17) is 13.7 Å². The van der Waals surface area contributed by atoms with Crippen LogP contribution < -0.4 is 10.5 Å². The summed E-state index contributed by atoms with van der Waals surface area (Å²) in [5, 5.41) is 10.8. The van der Waals surface area contributed by atoms with E-state index < -0.39 is 26.5 Å². The Morgan fingerprint density at radius 3 is 2.24 bits per heavy atom. The maximum atomic E-state index is 11.8. The molecule has 2 aromatic rings. The van der Waals surface area contributed by atoms with Crippen LogP contribution in [0.15, 0.2) is 38.4 Å². The highest BCUT2D eigenvalue weighted by Gasteiger charge is 2.21. The van der Waals surface area contributed by atoms with Crippen molar-refractivity contribution in [2.45, 2.75) is 82.1 Å². The lowest BCUT2D eigenvalue weighted by Crippen LogP contribution is -2.37. The molecule has 1 heterocycles. The van der Waals surface area contributed by atoms with Crippen LogP contribution in [0.1, 0.15) is 69.8 Å². The third-order valence-corrected chi connectivity index (χ3v) is 8.69. The topological polar surface area (TPSA) is 135 Å². The number of esters is 1. The van der Waals surface area contributed by atoms with Gasteiger partial charge < -0.3 is 32.7 Å². The van der Waals surface area contributed by atoms with Crippen molar-refractivity contribution in [3.8, 4) is 0 Å². The Kier molecular flexibility index (Phi) is 16.4. The molecule has 0 amide bonds. The first-order chi connectivity index (χ1) is 19.9. The SMILES string of the molecule is Cc1cc(=O)oc2cc(SCCCCCCCCCCCCOC(=O)C(O)COP(=O)([O-])OCC[N+](C)(C)C)ccc12. The highest BCUT2D eigenvalue weighted by molar-refractivity contribution is 7.99. The second-order valence-electron chi connectivity index (χ2n) is 11.6. The second-order valence-corrected chi connectivity index (χ2v) is 14.1. The van der Waals surface area contributed by atoms with Crippen molar-refractivity contribution in [2.75, 3.05) is 53.3 Å².